The molecule has 1 aromatic carbocycles. The van der Waals surface area contributed by atoms with Crippen molar-refractivity contribution in [2.45, 2.75) is 13.3 Å². The summed E-state index contributed by atoms with van der Waals surface area (Å²) in [6.07, 6.45) is -2.60. The molecule has 0 saturated carbocycles. The molecule has 6 heteroatoms. The largest absolute Gasteiger partial charge is 0.332 e. The molecular weight excluding hydrogens is 283 g/mol. The number of benzene rings is 1. The molecule has 0 unspecified atom stereocenters. The maximum Gasteiger partial charge on any atom is 0.255 e. The van der Waals surface area contributed by atoms with Gasteiger partial charge in [0.1, 0.15) is 0 Å². The van der Waals surface area contributed by atoms with Crippen molar-refractivity contribution >= 4 is 29.1 Å². The summed E-state index contributed by atoms with van der Waals surface area (Å²) in [6.45, 7) is 1.17. The highest BCUT2D eigenvalue weighted by Gasteiger charge is 2.21. The van der Waals surface area contributed by atoms with E-state index in [9.17, 15) is 13.6 Å². The van der Waals surface area contributed by atoms with Crippen LogP contribution in [0.5, 0.6) is 0 Å². The molecule has 0 aliphatic carbocycles. The number of halogens is 4. The molecular formula is C12H13Cl2F2NO. The van der Waals surface area contributed by atoms with Crippen LogP contribution in [0, 0.1) is 6.92 Å². The molecule has 2 nitrogen and oxygen atoms in total. The lowest BCUT2D eigenvalue weighted by molar-refractivity contribution is 0.0571. The molecule has 0 aliphatic heterocycles. The van der Waals surface area contributed by atoms with E-state index in [1.807, 2.05) is 0 Å². The van der Waals surface area contributed by atoms with E-state index in [4.69, 9.17) is 23.2 Å². The minimum Gasteiger partial charge on any atom is -0.332 e. The Balaban J connectivity index is 2.98. The second-order valence-electron chi connectivity index (χ2n) is 3.77. The first-order chi connectivity index (χ1) is 8.47. The van der Waals surface area contributed by atoms with E-state index in [2.05, 4.69) is 0 Å². The lowest BCUT2D eigenvalue weighted by atomic mass is 10.1. The van der Waals surface area contributed by atoms with E-state index in [1.54, 1.807) is 19.1 Å². The van der Waals surface area contributed by atoms with Crippen LogP contribution < -0.4 is 0 Å². The lowest BCUT2D eigenvalue weighted by Gasteiger charge is -2.22. The highest BCUT2D eigenvalue weighted by atomic mass is 35.5. The Hall–Kier alpha value is -0.870. The van der Waals surface area contributed by atoms with Crippen molar-refractivity contribution in [1.82, 2.24) is 4.90 Å². The van der Waals surface area contributed by atoms with Crippen molar-refractivity contribution in [3.05, 3.63) is 34.3 Å². The smallest absolute Gasteiger partial charge is 0.255 e. The molecule has 0 fully saturated rings. The van der Waals surface area contributed by atoms with Gasteiger partial charge >= 0.3 is 0 Å². The van der Waals surface area contributed by atoms with E-state index in [0.717, 1.165) is 10.5 Å². The van der Waals surface area contributed by atoms with Gasteiger partial charge in [0.25, 0.3) is 12.3 Å². The summed E-state index contributed by atoms with van der Waals surface area (Å²) >= 11 is 11.5. The molecule has 18 heavy (non-hydrogen) atoms. The number of hydrogen-bond donors (Lipinski definition) is 0. The summed E-state index contributed by atoms with van der Waals surface area (Å²) in [5.41, 5.74) is 0.952. The third kappa shape index (κ3) is 3.82. The van der Waals surface area contributed by atoms with Crippen LogP contribution in [-0.2, 0) is 0 Å². The normalized spacial score (nSPS) is 10.8. The zero-order valence-electron chi connectivity index (χ0n) is 9.80. The van der Waals surface area contributed by atoms with Gasteiger partial charge in [-0.1, -0.05) is 23.7 Å². The van der Waals surface area contributed by atoms with Crippen LogP contribution in [0.4, 0.5) is 8.78 Å². The molecule has 0 aromatic heterocycles. The summed E-state index contributed by atoms with van der Waals surface area (Å²) in [5, 5.41) is 0.288. The van der Waals surface area contributed by atoms with E-state index < -0.39 is 18.9 Å². The number of rotatable bonds is 5. The molecule has 1 aromatic rings. The predicted octanol–water partition coefficient (Wildman–Crippen LogP) is 3.59. The van der Waals surface area contributed by atoms with Crippen LogP contribution in [0.2, 0.25) is 5.02 Å². The fraction of sp³-hybridized carbons (Fsp3) is 0.417. The number of carbonyl (C=O) groups is 1. The van der Waals surface area contributed by atoms with Crippen molar-refractivity contribution < 1.29 is 13.6 Å². The van der Waals surface area contributed by atoms with E-state index in [-0.39, 0.29) is 23.0 Å². The number of hydrogen-bond acceptors (Lipinski definition) is 1. The molecule has 0 spiro atoms. The van der Waals surface area contributed by atoms with Gasteiger partial charge in [0.05, 0.1) is 17.1 Å². The van der Waals surface area contributed by atoms with Gasteiger partial charge < -0.3 is 4.90 Å². The van der Waals surface area contributed by atoms with Crippen molar-refractivity contribution in [2.75, 3.05) is 19.0 Å². The molecule has 1 rings (SSSR count). The van der Waals surface area contributed by atoms with Gasteiger partial charge in [-0.2, -0.15) is 0 Å². The highest BCUT2D eigenvalue weighted by molar-refractivity contribution is 6.34. The van der Waals surface area contributed by atoms with Crippen LogP contribution in [0.1, 0.15) is 15.9 Å². The molecule has 0 atom stereocenters. The monoisotopic (exact) mass is 295 g/mol. The van der Waals surface area contributed by atoms with E-state index in [1.165, 1.54) is 6.07 Å². The Labute approximate surface area is 114 Å². The Bertz CT molecular complexity index is 427. The first-order valence-electron chi connectivity index (χ1n) is 5.36. The zero-order chi connectivity index (χ0) is 13.7. The Kier molecular flexibility index (Phi) is 5.82. The van der Waals surface area contributed by atoms with E-state index in [0.29, 0.717) is 0 Å². The van der Waals surface area contributed by atoms with Crippen LogP contribution in [0.15, 0.2) is 18.2 Å². The predicted molar refractivity (Wildman–Crippen MR) is 68.8 cm³/mol. The van der Waals surface area contributed by atoms with Crippen molar-refractivity contribution in [3.8, 4) is 0 Å². The van der Waals surface area contributed by atoms with Crippen LogP contribution in [0.3, 0.4) is 0 Å². The quantitative estimate of drug-likeness (QED) is 0.760. The first-order valence-corrected chi connectivity index (χ1v) is 6.27. The van der Waals surface area contributed by atoms with Crippen LogP contribution in [0.25, 0.3) is 0 Å². The second-order valence-corrected chi connectivity index (χ2v) is 4.52. The summed E-state index contributed by atoms with van der Waals surface area (Å²) in [4.78, 5) is 13.1. The average Bonchev–Trinajstić information content (AvgIpc) is 2.31. The van der Waals surface area contributed by atoms with Gasteiger partial charge in [0.15, 0.2) is 0 Å². The third-order valence-electron chi connectivity index (χ3n) is 2.42. The van der Waals surface area contributed by atoms with Gasteiger partial charge in [-0.3, -0.25) is 4.79 Å². The molecule has 0 bridgehead atoms. The molecule has 100 valence electrons. The van der Waals surface area contributed by atoms with Gasteiger partial charge in [-0.25, -0.2) is 8.78 Å². The summed E-state index contributed by atoms with van der Waals surface area (Å²) in [6, 6.07) is 4.93. The van der Waals surface area contributed by atoms with Gasteiger partial charge in [-0.15, -0.1) is 11.6 Å². The minimum atomic E-state index is -2.60. The van der Waals surface area contributed by atoms with Gasteiger partial charge in [0.2, 0.25) is 0 Å². The zero-order valence-corrected chi connectivity index (χ0v) is 11.3. The SMILES string of the molecule is Cc1cccc(C(=O)N(CCCl)CC(F)F)c1Cl. The number of nitrogens with zero attached hydrogens (tertiary/aromatic N) is 1. The summed E-state index contributed by atoms with van der Waals surface area (Å²) < 4.78 is 24.8. The van der Waals surface area contributed by atoms with Crippen LogP contribution in [-0.4, -0.2) is 36.2 Å². The third-order valence-corrected chi connectivity index (χ3v) is 3.09. The molecule has 0 aliphatic rings. The molecule has 0 radical (unpaired) electrons. The maximum atomic E-state index is 12.4. The van der Waals surface area contributed by atoms with Crippen molar-refractivity contribution in [1.29, 1.82) is 0 Å². The Morgan fingerprint density at radius 3 is 2.67 bits per heavy atom. The minimum absolute atomic E-state index is 0.0645. The number of aryl methyl sites for hydroxylation is 1. The Morgan fingerprint density at radius 1 is 1.44 bits per heavy atom. The molecule has 0 saturated heterocycles. The summed E-state index contributed by atoms with van der Waals surface area (Å²) in [7, 11) is 0. The molecule has 0 heterocycles. The molecule has 0 N–H and O–H groups in total. The first kappa shape index (κ1) is 15.2. The van der Waals surface area contributed by atoms with Crippen molar-refractivity contribution in [2.24, 2.45) is 0 Å². The number of carbonyl (C=O) groups excluding carboxylic acids is 1. The summed E-state index contributed by atoms with van der Waals surface area (Å²) in [5.74, 6) is -0.424. The molecule has 1 amide bonds. The highest BCUT2D eigenvalue weighted by Crippen LogP contribution is 2.22. The van der Waals surface area contributed by atoms with Crippen molar-refractivity contribution in [3.63, 3.8) is 0 Å². The standard InChI is InChI=1S/C12H13Cl2F2NO/c1-8-3-2-4-9(11(8)14)12(18)17(6-5-13)7-10(15)16/h2-4,10H,5-7H2,1H3. The fourth-order valence-electron chi connectivity index (χ4n) is 1.53. The van der Waals surface area contributed by atoms with Gasteiger partial charge in [-0.05, 0) is 18.6 Å². The maximum absolute atomic E-state index is 12.4. The topological polar surface area (TPSA) is 20.3 Å². The van der Waals surface area contributed by atoms with Gasteiger partial charge in [0, 0.05) is 12.4 Å². The fourth-order valence-corrected chi connectivity index (χ4v) is 1.94. The average molecular weight is 296 g/mol. The van der Waals surface area contributed by atoms with Crippen LogP contribution >= 0.6 is 23.2 Å². The van der Waals surface area contributed by atoms with E-state index >= 15 is 0 Å². The number of alkyl halides is 3. The Morgan fingerprint density at radius 2 is 2.11 bits per heavy atom. The lowest BCUT2D eigenvalue weighted by Crippen LogP contribution is -2.36. The second kappa shape index (κ2) is 6.90. The number of amides is 1.